The third-order valence-corrected chi connectivity index (χ3v) is 3.77. The molecule has 1 heterocycles. The molecule has 1 aromatic heterocycles. The average Bonchev–Trinajstić information content (AvgIpc) is 3.19. The molecule has 1 N–H and O–H groups in total. The van der Waals surface area contributed by atoms with E-state index in [0.717, 1.165) is 41.0 Å². The van der Waals surface area contributed by atoms with Crippen molar-refractivity contribution in [3.8, 4) is 5.75 Å². The number of aliphatic hydroxyl groups is 1. The topological polar surface area (TPSA) is 55.5 Å². The fourth-order valence-corrected chi connectivity index (χ4v) is 2.47. The molecule has 0 amide bonds. The number of aromatic nitrogens is 1. The lowest BCUT2D eigenvalue weighted by Crippen LogP contribution is -2.02. The van der Waals surface area contributed by atoms with Crippen molar-refractivity contribution in [3.63, 3.8) is 0 Å². The van der Waals surface area contributed by atoms with Crippen molar-refractivity contribution < 1.29 is 14.4 Å². The summed E-state index contributed by atoms with van der Waals surface area (Å²) in [7, 11) is 0. The maximum Gasteiger partial charge on any atom is 0.145 e. The summed E-state index contributed by atoms with van der Waals surface area (Å²) < 4.78 is 11.2. The number of para-hydroxylation sites is 1. The number of ether oxygens (including phenoxy) is 1. The molecule has 106 valence electrons. The van der Waals surface area contributed by atoms with E-state index in [1.165, 1.54) is 0 Å². The summed E-state index contributed by atoms with van der Waals surface area (Å²) in [5, 5.41) is 13.6. The van der Waals surface area contributed by atoms with E-state index in [-0.39, 0.29) is 6.61 Å². The first-order valence-electron chi connectivity index (χ1n) is 6.98. The fourth-order valence-electron chi connectivity index (χ4n) is 2.47. The second-order valence-corrected chi connectivity index (χ2v) is 5.41. The second-order valence-electron chi connectivity index (χ2n) is 5.41. The highest BCUT2D eigenvalue weighted by molar-refractivity contribution is 5.40. The van der Waals surface area contributed by atoms with Gasteiger partial charge in [0.2, 0.25) is 0 Å². The van der Waals surface area contributed by atoms with Gasteiger partial charge < -0.3 is 14.4 Å². The van der Waals surface area contributed by atoms with Crippen LogP contribution < -0.4 is 4.74 Å². The number of aryl methyl sites for hydroxylation is 2. The molecule has 4 nitrogen and oxygen atoms in total. The van der Waals surface area contributed by atoms with Crippen molar-refractivity contribution >= 4 is 0 Å². The van der Waals surface area contributed by atoms with Crippen LogP contribution >= 0.6 is 0 Å². The van der Waals surface area contributed by atoms with Crippen LogP contribution in [0.15, 0.2) is 22.7 Å². The Labute approximate surface area is 118 Å². The molecule has 2 aromatic rings. The van der Waals surface area contributed by atoms with Crippen molar-refractivity contribution in [1.82, 2.24) is 5.16 Å². The van der Waals surface area contributed by atoms with Gasteiger partial charge in [-0.2, -0.15) is 0 Å². The average molecular weight is 273 g/mol. The minimum atomic E-state index is -0.0409. The van der Waals surface area contributed by atoms with E-state index in [0.29, 0.717) is 18.2 Å². The van der Waals surface area contributed by atoms with Crippen molar-refractivity contribution in [3.05, 3.63) is 46.3 Å². The minimum absolute atomic E-state index is 0.0409. The standard InChI is InChI=1S/C16H19NO3/c1-10-4-3-5-11(2)15(10)19-9-14-13(8-18)16(20-17-14)12-6-7-12/h3-5,12,18H,6-9H2,1-2H3. The van der Waals surface area contributed by atoms with E-state index in [1.54, 1.807) is 0 Å². The van der Waals surface area contributed by atoms with Gasteiger partial charge in [-0.15, -0.1) is 0 Å². The normalized spacial score (nSPS) is 14.6. The third-order valence-electron chi connectivity index (χ3n) is 3.77. The van der Waals surface area contributed by atoms with Crippen molar-refractivity contribution in [2.75, 3.05) is 0 Å². The Kier molecular flexibility index (Phi) is 3.49. The summed E-state index contributed by atoms with van der Waals surface area (Å²) in [6.07, 6.45) is 2.25. The molecule has 0 unspecified atom stereocenters. The number of hydrogen-bond donors (Lipinski definition) is 1. The van der Waals surface area contributed by atoms with Crippen LogP contribution in [0.3, 0.4) is 0 Å². The molecule has 1 aliphatic rings. The van der Waals surface area contributed by atoms with Crippen LogP contribution in [0.25, 0.3) is 0 Å². The van der Waals surface area contributed by atoms with Gasteiger partial charge in [0.15, 0.2) is 0 Å². The summed E-state index contributed by atoms with van der Waals surface area (Å²) in [6, 6.07) is 6.05. The van der Waals surface area contributed by atoms with Crippen LogP contribution in [0.4, 0.5) is 0 Å². The summed E-state index contributed by atoms with van der Waals surface area (Å²) >= 11 is 0. The highest BCUT2D eigenvalue weighted by Gasteiger charge is 2.32. The van der Waals surface area contributed by atoms with Crippen LogP contribution in [0.5, 0.6) is 5.75 Å². The largest absolute Gasteiger partial charge is 0.487 e. The van der Waals surface area contributed by atoms with E-state index < -0.39 is 0 Å². The zero-order valence-electron chi connectivity index (χ0n) is 11.8. The maximum atomic E-state index is 9.52. The lowest BCUT2D eigenvalue weighted by molar-refractivity contribution is 0.266. The molecule has 20 heavy (non-hydrogen) atoms. The second kappa shape index (κ2) is 5.29. The zero-order valence-corrected chi connectivity index (χ0v) is 11.8. The third kappa shape index (κ3) is 2.43. The first-order chi connectivity index (χ1) is 9.70. The van der Waals surface area contributed by atoms with Gasteiger partial charge in [0.1, 0.15) is 23.8 Å². The Morgan fingerprint density at radius 1 is 1.30 bits per heavy atom. The predicted molar refractivity (Wildman–Crippen MR) is 74.6 cm³/mol. The SMILES string of the molecule is Cc1cccc(C)c1OCc1noc(C2CC2)c1CO. The number of rotatable bonds is 5. The summed E-state index contributed by atoms with van der Waals surface area (Å²) in [5.41, 5.74) is 3.71. The van der Waals surface area contributed by atoms with Crippen LogP contribution in [0.1, 0.15) is 46.9 Å². The van der Waals surface area contributed by atoms with Gasteiger partial charge >= 0.3 is 0 Å². The smallest absolute Gasteiger partial charge is 0.145 e. The predicted octanol–water partition coefficient (Wildman–Crippen LogP) is 3.24. The number of nitrogens with zero attached hydrogens (tertiary/aromatic N) is 1. The molecule has 0 atom stereocenters. The maximum absolute atomic E-state index is 9.52. The number of benzene rings is 1. The quantitative estimate of drug-likeness (QED) is 0.908. The van der Waals surface area contributed by atoms with E-state index in [2.05, 4.69) is 5.16 Å². The molecule has 1 aliphatic carbocycles. The molecule has 0 bridgehead atoms. The number of aliphatic hydroxyl groups excluding tert-OH is 1. The van der Waals surface area contributed by atoms with Crippen molar-refractivity contribution in [2.24, 2.45) is 0 Å². The van der Waals surface area contributed by atoms with Crippen molar-refractivity contribution in [2.45, 2.75) is 45.8 Å². The van der Waals surface area contributed by atoms with E-state index in [1.807, 2.05) is 32.0 Å². The van der Waals surface area contributed by atoms with E-state index in [4.69, 9.17) is 9.26 Å². The van der Waals surface area contributed by atoms with Crippen LogP contribution in [0.2, 0.25) is 0 Å². The van der Waals surface area contributed by atoms with Gasteiger partial charge in [-0.1, -0.05) is 23.4 Å². The Hall–Kier alpha value is -1.81. The van der Waals surface area contributed by atoms with Crippen LogP contribution in [-0.4, -0.2) is 10.3 Å². The molecular formula is C16H19NO3. The molecular weight excluding hydrogens is 254 g/mol. The van der Waals surface area contributed by atoms with Gasteiger partial charge in [-0.25, -0.2) is 0 Å². The molecule has 1 aromatic carbocycles. The molecule has 1 saturated carbocycles. The zero-order chi connectivity index (χ0) is 14.1. The molecule has 4 heteroatoms. The first-order valence-corrected chi connectivity index (χ1v) is 6.98. The number of hydrogen-bond acceptors (Lipinski definition) is 4. The van der Waals surface area contributed by atoms with Gasteiger partial charge in [0.05, 0.1) is 6.61 Å². The minimum Gasteiger partial charge on any atom is -0.487 e. The Morgan fingerprint density at radius 2 is 2.00 bits per heavy atom. The Balaban J connectivity index is 1.78. The van der Waals surface area contributed by atoms with Gasteiger partial charge in [-0.3, -0.25) is 0 Å². The summed E-state index contributed by atoms with van der Waals surface area (Å²) in [4.78, 5) is 0. The first kappa shape index (κ1) is 13.2. The molecule has 3 rings (SSSR count). The van der Waals surface area contributed by atoms with Crippen LogP contribution in [-0.2, 0) is 13.2 Å². The molecule has 1 fully saturated rings. The molecule has 0 radical (unpaired) electrons. The van der Waals surface area contributed by atoms with E-state index in [9.17, 15) is 5.11 Å². The monoisotopic (exact) mass is 273 g/mol. The van der Waals surface area contributed by atoms with Gasteiger partial charge in [0, 0.05) is 11.5 Å². The molecule has 0 saturated heterocycles. The van der Waals surface area contributed by atoms with Gasteiger partial charge in [0.25, 0.3) is 0 Å². The van der Waals surface area contributed by atoms with Crippen molar-refractivity contribution in [1.29, 1.82) is 0 Å². The lowest BCUT2D eigenvalue weighted by Gasteiger charge is -2.11. The fraction of sp³-hybridized carbons (Fsp3) is 0.438. The Bertz CT molecular complexity index is 594. The van der Waals surface area contributed by atoms with E-state index >= 15 is 0 Å². The molecule has 0 aliphatic heterocycles. The molecule has 0 spiro atoms. The Morgan fingerprint density at radius 3 is 2.60 bits per heavy atom. The highest BCUT2D eigenvalue weighted by atomic mass is 16.5. The van der Waals surface area contributed by atoms with Gasteiger partial charge in [-0.05, 0) is 37.8 Å². The summed E-state index contributed by atoms with van der Waals surface area (Å²) in [5.74, 6) is 2.17. The summed E-state index contributed by atoms with van der Waals surface area (Å²) in [6.45, 7) is 4.33. The van der Waals surface area contributed by atoms with Crippen LogP contribution in [0, 0.1) is 13.8 Å². The lowest BCUT2D eigenvalue weighted by atomic mass is 10.1. The highest BCUT2D eigenvalue weighted by Crippen LogP contribution is 2.42.